The van der Waals surface area contributed by atoms with Crippen LogP contribution in [0.15, 0.2) is 29.3 Å². The minimum absolute atomic E-state index is 0.0121. The summed E-state index contributed by atoms with van der Waals surface area (Å²) in [5, 5.41) is 3.09. The number of aromatic amines is 1. The lowest BCUT2D eigenvalue weighted by molar-refractivity contribution is 0.817. The summed E-state index contributed by atoms with van der Waals surface area (Å²) in [6, 6.07) is 3.60. The van der Waals surface area contributed by atoms with E-state index in [4.69, 9.17) is 0 Å². The number of rotatable bonds is 2. The molecule has 0 fully saturated rings. The summed E-state index contributed by atoms with van der Waals surface area (Å²) in [5.41, 5.74) is 2.60. The zero-order chi connectivity index (χ0) is 10.8. The zero-order valence-corrected chi connectivity index (χ0v) is 8.82. The molecule has 2 aromatic rings. The van der Waals surface area contributed by atoms with Gasteiger partial charge in [0.1, 0.15) is 0 Å². The number of H-pyrrole nitrogens is 1. The minimum atomic E-state index is 0.0121. The maximum absolute atomic E-state index is 11.9. The van der Waals surface area contributed by atoms with E-state index < -0.39 is 0 Å². The summed E-state index contributed by atoms with van der Waals surface area (Å²) in [7, 11) is 0. The third-order valence-corrected chi connectivity index (χ3v) is 2.50. The molecule has 0 radical (unpaired) electrons. The standard InChI is InChI=1S/C11H13N3O/c1-3-10-8(2)11(15)14(13-10)9-4-6-12-7-5-9/h4-7,13H,3H2,1-2H3. The smallest absolute Gasteiger partial charge is 0.274 e. The van der Waals surface area contributed by atoms with Crippen molar-refractivity contribution in [3.05, 3.63) is 46.1 Å². The average Bonchev–Trinajstić information content (AvgIpc) is 2.57. The quantitative estimate of drug-likeness (QED) is 0.802. The van der Waals surface area contributed by atoms with E-state index in [-0.39, 0.29) is 5.56 Å². The second kappa shape index (κ2) is 3.73. The van der Waals surface area contributed by atoms with Gasteiger partial charge in [0.2, 0.25) is 0 Å². The third kappa shape index (κ3) is 1.58. The Balaban J connectivity index is 2.60. The predicted molar refractivity (Wildman–Crippen MR) is 58.3 cm³/mol. The van der Waals surface area contributed by atoms with E-state index in [1.165, 1.54) is 0 Å². The Kier molecular flexibility index (Phi) is 2.41. The van der Waals surface area contributed by atoms with E-state index in [2.05, 4.69) is 10.1 Å². The SMILES string of the molecule is CCc1[nH]n(-c2ccncc2)c(=O)c1C. The van der Waals surface area contributed by atoms with E-state index in [1.54, 1.807) is 29.2 Å². The summed E-state index contributed by atoms with van der Waals surface area (Å²) in [6.45, 7) is 3.87. The van der Waals surface area contributed by atoms with Crippen LogP contribution in [0, 0.1) is 6.92 Å². The lowest BCUT2D eigenvalue weighted by Crippen LogP contribution is -2.15. The molecule has 0 bridgehead atoms. The third-order valence-electron chi connectivity index (χ3n) is 2.50. The van der Waals surface area contributed by atoms with Crippen molar-refractivity contribution >= 4 is 0 Å². The normalized spacial score (nSPS) is 10.5. The summed E-state index contributed by atoms with van der Waals surface area (Å²) >= 11 is 0. The summed E-state index contributed by atoms with van der Waals surface area (Å²) in [6.07, 6.45) is 4.17. The van der Waals surface area contributed by atoms with E-state index in [0.717, 1.165) is 23.4 Å². The van der Waals surface area contributed by atoms with Crippen LogP contribution < -0.4 is 5.56 Å². The first kappa shape index (κ1) is 9.71. The highest BCUT2D eigenvalue weighted by Crippen LogP contribution is 2.05. The van der Waals surface area contributed by atoms with Crippen molar-refractivity contribution in [1.82, 2.24) is 14.8 Å². The number of pyridine rings is 1. The first-order valence-electron chi connectivity index (χ1n) is 4.95. The molecule has 0 atom stereocenters. The Bertz CT molecular complexity index is 510. The van der Waals surface area contributed by atoms with Crippen molar-refractivity contribution < 1.29 is 0 Å². The van der Waals surface area contributed by atoms with Gasteiger partial charge < -0.3 is 0 Å². The molecule has 0 saturated carbocycles. The minimum Gasteiger partial charge on any atom is -0.295 e. The van der Waals surface area contributed by atoms with Crippen molar-refractivity contribution in [2.45, 2.75) is 20.3 Å². The van der Waals surface area contributed by atoms with Crippen molar-refractivity contribution in [3.8, 4) is 5.69 Å². The van der Waals surface area contributed by atoms with Crippen molar-refractivity contribution in [1.29, 1.82) is 0 Å². The number of nitrogens with zero attached hydrogens (tertiary/aromatic N) is 2. The van der Waals surface area contributed by atoms with Gasteiger partial charge >= 0.3 is 0 Å². The predicted octanol–water partition coefficient (Wildman–Crippen LogP) is 1.43. The number of hydrogen-bond acceptors (Lipinski definition) is 2. The van der Waals surface area contributed by atoms with E-state index in [9.17, 15) is 4.79 Å². The molecule has 0 aliphatic carbocycles. The largest absolute Gasteiger partial charge is 0.295 e. The topological polar surface area (TPSA) is 50.7 Å². The van der Waals surface area contributed by atoms with Gasteiger partial charge in [0, 0.05) is 23.7 Å². The summed E-state index contributed by atoms with van der Waals surface area (Å²) in [4.78, 5) is 15.8. The fourth-order valence-corrected chi connectivity index (χ4v) is 1.59. The van der Waals surface area contributed by atoms with Gasteiger partial charge in [-0.1, -0.05) is 6.92 Å². The molecule has 0 aromatic carbocycles. The van der Waals surface area contributed by atoms with Gasteiger partial charge in [-0.05, 0) is 25.5 Å². The van der Waals surface area contributed by atoms with Gasteiger partial charge in [0.05, 0.1) is 5.69 Å². The first-order chi connectivity index (χ1) is 7.24. The maximum atomic E-state index is 11.9. The Morgan fingerprint density at radius 2 is 2.07 bits per heavy atom. The Morgan fingerprint density at radius 3 is 2.60 bits per heavy atom. The van der Waals surface area contributed by atoms with Crippen molar-refractivity contribution in [2.75, 3.05) is 0 Å². The van der Waals surface area contributed by atoms with E-state index >= 15 is 0 Å². The highest BCUT2D eigenvalue weighted by molar-refractivity contribution is 5.30. The molecule has 15 heavy (non-hydrogen) atoms. The molecule has 4 nitrogen and oxygen atoms in total. The van der Waals surface area contributed by atoms with Crippen LogP contribution in [-0.4, -0.2) is 14.8 Å². The van der Waals surface area contributed by atoms with Crippen LogP contribution in [0.25, 0.3) is 5.69 Å². The lowest BCUT2D eigenvalue weighted by Gasteiger charge is -1.99. The van der Waals surface area contributed by atoms with Crippen LogP contribution in [0.4, 0.5) is 0 Å². The molecule has 0 amide bonds. The molecule has 78 valence electrons. The van der Waals surface area contributed by atoms with Gasteiger partial charge in [-0.15, -0.1) is 0 Å². The molecule has 0 unspecified atom stereocenters. The molecule has 2 rings (SSSR count). The van der Waals surface area contributed by atoms with E-state index in [0.29, 0.717) is 0 Å². The molecular formula is C11H13N3O. The second-order valence-corrected chi connectivity index (χ2v) is 3.41. The van der Waals surface area contributed by atoms with Crippen LogP contribution in [0.3, 0.4) is 0 Å². The van der Waals surface area contributed by atoms with Crippen LogP contribution >= 0.6 is 0 Å². The summed E-state index contributed by atoms with van der Waals surface area (Å²) < 4.78 is 1.55. The molecule has 2 heterocycles. The van der Waals surface area contributed by atoms with E-state index in [1.807, 2.05) is 13.8 Å². The monoisotopic (exact) mass is 203 g/mol. The van der Waals surface area contributed by atoms with Gasteiger partial charge in [0.25, 0.3) is 5.56 Å². The van der Waals surface area contributed by atoms with Crippen LogP contribution in [0.5, 0.6) is 0 Å². The maximum Gasteiger partial charge on any atom is 0.274 e. The fourth-order valence-electron chi connectivity index (χ4n) is 1.59. The molecule has 1 N–H and O–H groups in total. The molecule has 0 spiro atoms. The summed E-state index contributed by atoms with van der Waals surface area (Å²) in [5.74, 6) is 0. The Labute approximate surface area is 87.6 Å². The van der Waals surface area contributed by atoms with Crippen LogP contribution in [0.2, 0.25) is 0 Å². The number of nitrogens with one attached hydrogen (secondary N) is 1. The van der Waals surface area contributed by atoms with Crippen molar-refractivity contribution in [3.63, 3.8) is 0 Å². The number of aromatic nitrogens is 3. The number of hydrogen-bond donors (Lipinski definition) is 1. The Morgan fingerprint density at radius 1 is 1.40 bits per heavy atom. The van der Waals surface area contributed by atoms with Gasteiger partial charge in [0.15, 0.2) is 0 Å². The highest BCUT2D eigenvalue weighted by atomic mass is 16.1. The molecule has 0 aliphatic rings. The first-order valence-corrected chi connectivity index (χ1v) is 4.95. The molecule has 0 saturated heterocycles. The van der Waals surface area contributed by atoms with Gasteiger partial charge in [-0.3, -0.25) is 14.9 Å². The van der Waals surface area contributed by atoms with Crippen molar-refractivity contribution in [2.24, 2.45) is 0 Å². The lowest BCUT2D eigenvalue weighted by atomic mass is 10.2. The second-order valence-electron chi connectivity index (χ2n) is 3.41. The molecular weight excluding hydrogens is 190 g/mol. The van der Waals surface area contributed by atoms with Crippen LogP contribution in [-0.2, 0) is 6.42 Å². The zero-order valence-electron chi connectivity index (χ0n) is 8.82. The van der Waals surface area contributed by atoms with Crippen LogP contribution in [0.1, 0.15) is 18.2 Å². The number of aryl methyl sites for hydroxylation is 1. The molecule has 2 aromatic heterocycles. The fraction of sp³-hybridized carbons (Fsp3) is 0.273. The highest BCUT2D eigenvalue weighted by Gasteiger charge is 2.08. The molecule has 0 aliphatic heterocycles. The Hall–Kier alpha value is -1.84. The average molecular weight is 203 g/mol. The molecule has 4 heteroatoms. The van der Waals surface area contributed by atoms with Gasteiger partial charge in [-0.25, -0.2) is 4.68 Å². The van der Waals surface area contributed by atoms with Gasteiger partial charge in [-0.2, -0.15) is 0 Å².